The predicted octanol–water partition coefficient (Wildman–Crippen LogP) is 4.16. The average molecular weight is 439 g/mol. The van der Waals surface area contributed by atoms with E-state index in [9.17, 15) is 13.2 Å². The lowest BCUT2D eigenvalue weighted by Crippen LogP contribution is -2.35. The first-order chi connectivity index (χ1) is 12.3. The summed E-state index contributed by atoms with van der Waals surface area (Å²) in [4.78, 5) is 11.6. The van der Waals surface area contributed by atoms with Gasteiger partial charge >= 0.3 is 6.09 Å². The van der Waals surface area contributed by atoms with Gasteiger partial charge in [-0.2, -0.15) is 0 Å². The van der Waals surface area contributed by atoms with Crippen LogP contribution in [0.3, 0.4) is 0 Å². The first-order valence-electron chi connectivity index (χ1n) is 8.19. The fourth-order valence-electron chi connectivity index (χ4n) is 3.05. The highest BCUT2D eigenvalue weighted by Gasteiger charge is 2.36. The molecule has 0 spiro atoms. The van der Waals surface area contributed by atoms with E-state index in [4.69, 9.17) is 4.74 Å². The molecule has 1 atom stereocenters. The summed E-state index contributed by atoms with van der Waals surface area (Å²) in [6, 6.07) is 11.5. The molecule has 0 aliphatic carbocycles. The SMILES string of the molecule is CCOC(=O)Nc1ccc(S(=O)(=O)N2c3ccc(Br)cc3C[C@H]2C)cc1. The maximum absolute atomic E-state index is 13.1. The van der Waals surface area contributed by atoms with Crippen molar-refractivity contribution >= 4 is 43.4 Å². The molecule has 0 unspecified atom stereocenters. The van der Waals surface area contributed by atoms with Crippen LogP contribution in [0.4, 0.5) is 16.2 Å². The van der Waals surface area contributed by atoms with Crippen molar-refractivity contribution in [2.75, 3.05) is 16.2 Å². The summed E-state index contributed by atoms with van der Waals surface area (Å²) in [5.74, 6) is 0. The normalized spacial score (nSPS) is 16.3. The van der Waals surface area contributed by atoms with Gasteiger partial charge in [0.2, 0.25) is 0 Å². The Balaban J connectivity index is 1.88. The zero-order valence-corrected chi connectivity index (χ0v) is 16.8. The van der Waals surface area contributed by atoms with E-state index in [0.717, 1.165) is 10.0 Å². The molecule has 0 radical (unpaired) electrons. The van der Waals surface area contributed by atoms with Crippen LogP contribution in [0.5, 0.6) is 0 Å². The predicted molar refractivity (Wildman–Crippen MR) is 104 cm³/mol. The van der Waals surface area contributed by atoms with Crippen molar-refractivity contribution in [3.63, 3.8) is 0 Å². The lowest BCUT2D eigenvalue weighted by molar-refractivity contribution is 0.168. The van der Waals surface area contributed by atoms with Crippen LogP contribution in [0.2, 0.25) is 0 Å². The number of hydrogen-bond acceptors (Lipinski definition) is 4. The monoisotopic (exact) mass is 438 g/mol. The fraction of sp³-hybridized carbons (Fsp3) is 0.278. The molecule has 1 amide bonds. The fourth-order valence-corrected chi connectivity index (χ4v) is 5.15. The van der Waals surface area contributed by atoms with Gasteiger partial charge in [-0.25, -0.2) is 13.2 Å². The number of nitrogens with zero attached hydrogens (tertiary/aromatic N) is 1. The molecule has 0 saturated heterocycles. The first-order valence-corrected chi connectivity index (χ1v) is 10.4. The van der Waals surface area contributed by atoms with Crippen molar-refractivity contribution in [2.24, 2.45) is 0 Å². The topological polar surface area (TPSA) is 75.7 Å². The third kappa shape index (κ3) is 3.57. The van der Waals surface area contributed by atoms with Crippen LogP contribution in [0, 0.1) is 0 Å². The van der Waals surface area contributed by atoms with Crippen molar-refractivity contribution in [3.05, 3.63) is 52.5 Å². The Morgan fingerprint density at radius 1 is 1.27 bits per heavy atom. The maximum atomic E-state index is 13.1. The minimum absolute atomic E-state index is 0.165. The molecule has 2 aromatic carbocycles. The summed E-state index contributed by atoms with van der Waals surface area (Å²) in [6.07, 6.45) is 0.0898. The number of carbonyl (C=O) groups is 1. The van der Waals surface area contributed by atoms with Gasteiger partial charge < -0.3 is 4.74 Å². The highest BCUT2D eigenvalue weighted by atomic mass is 79.9. The number of amides is 1. The summed E-state index contributed by atoms with van der Waals surface area (Å²) < 4.78 is 33.5. The van der Waals surface area contributed by atoms with Crippen LogP contribution in [-0.4, -0.2) is 27.2 Å². The second-order valence-corrected chi connectivity index (χ2v) is 8.73. The lowest BCUT2D eigenvalue weighted by Gasteiger charge is -2.24. The molecule has 26 heavy (non-hydrogen) atoms. The molecule has 0 bridgehead atoms. The molecule has 0 aromatic heterocycles. The Morgan fingerprint density at radius 2 is 1.96 bits per heavy atom. The van der Waals surface area contributed by atoms with E-state index in [-0.39, 0.29) is 17.5 Å². The molecule has 1 aliphatic rings. The molecule has 1 N–H and O–H groups in total. The minimum Gasteiger partial charge on any atom is -0.450 e. The maximum Gasteiger partial charge on any atom is 0.411 e. The van der Waals surface area contributed by atoms with E-state index in [0.29, 0.717) is 17.8 Å². The van der Waals surface area contributed by atoms with Crippen LogP contribution < -0.4 is 9.62 Å². The standard InChI is InChI=1S/C18H19BrN2O4S/c1-3-25-18(22)20-15-5-7-16(8-6-15)26(23,24)21-12(2)10-13-11-14(19)4-9-17(13)21/h4-9,11-12H,3,10H2,1-2H3,(H,20,22)/t12-/m1/s1. The van der Waals surface area contributed by atoms with Crippen molar-refractivity contribution in [3.8, 4) is 0 Å². The van der Waals surface area contributed by atoms with Crippen molar-refractivity contribution in [2.45, 2.75) is 31.2 Å². The minimum atomic E-state index is -3.70. The third-order valence-corrected chi connectivity index (χ3v) is 6.56. The Bertz CT molecular complexity index is 929. The van der Waals surface area contributed by atoms with Gasteiger partial charge in [0.25, 0.3) is 10.0 Å². The Labute approximate surface area is 161 Å². The van der Waals surface area contributed by atoms with Crippen LogP contribution in [-0.2, 0) is 21.2 Å². The van der Waals surface area contributed by atoms with E-state index in [1.54, 1.807) is 19.1 Å². The second kappa shape index (κ2) is 7.28. The van der Waals surface area contributed by atoms with E-state index in [1.807, 2.05) is 25.1 Å². The third-order valence-electron chi connectivity index (χ3n) is 4.13. The highest BCUT2D eigenvalue weighted by Crippen LogP contribution is 2.38. The van der Waals surface area contributed by atoms with Gasteiger partial charge in [0.15, 0.2) is 0 Å². The van der Waals surface area contributed by atoms with Crippen LogP contribution >= 0.6 is 15.9 Å². The number of fused-ring (bicyclic) bond motifs is 1. The summed E-state index contributed by atoms with van der Waals surface area (Å²) in [5, 5.41) is 2.55. The quantitative estimate of drug-likeness (QED) is 0.777. The number of ether oxygens (including phenoxy) is 1. The van der Waals surface area contributed by atoms with Crippen LogP contribution in [0.1, 0.15) is 19.4 Å². The number of nitrogens with one attached hydrogen (secondary N) is 1. The van der Waals surface area contributed by atoms with Gasteiger partial charge in [-0.15, -0.1) is 0 Å². The van der Waals surface area contributed by atoms with Gasteiger partial charge in [-0.3, -0.25) is 9.62 Å². The molecule has 8 heteroatoms. The van der Waals surface area contributed by atoms with Crippen LogP contribution in [0.25, 0.3) is 0 Å². The van der Waals surface area contributed by atoms with E-state index < -0.39 is 16.1 Å². The molecule has 3 rings (SSSR count). The first kappa shape index (κ1) is 18.7. The summed E-state index contributed by atoms with van der Waals surface area (Å²) >= 11 is 3.43. The molecule has 0 fully saturated rings. The molecule has 1 heterocycles. The molecule has 0 saturated carbocycles. The lowest BCUT2D eigenvalue weighted by atomic mass is 10.1. The zero-order chi connectivity index (χ0) is 18.9. The number of sulfonamides is 1. The summed E-state index contributed by atoms with van der Waals surface area (Å²) in [6.45, 7) is 3.87. The van der Waals surface area contributed by atoms with Gasteiger partial charge in [-0.1, -0.05) is 15.9 Å². The number of halogens is 1. The number of rotatable bonds is 4. The molecular weight excluding hydrogens is 420 g/mol. The van der Waals surface area contributed by atoms with Gasteiger partial charge in [0.1, 0.15) is 0 Å². The largest absolute Gasteiger partial charge is 0.450 e. The summed E-state index contributed by atoms with van der Waals surface area (Å²) in [5.41, 5.74) is 2.17. The van der Waals surface area contributed by atoms with E-state index in [2.05, 4.69) is 21.2 Å². The number of benzene rings is 2. The average Bonchev–Trinajstić information content (AvgIpc) is 2.91. The number of anilines is 2. The smallest absolute Gasteiger partial charge is 0.411 e. The van der Waals surface area contributed by atoms with Gasteiger partial charge in [-0.05, 0) is 68.3 Å². The Morgan fingerprint density at radius 3 is 2.62 bits per heavy atom. The highest BCUT2D eigenvalue weighted by molar-refractivity contribution is 9.10. The van der Waals surface area contributed by atoms with E-state index >= 15 is 0 Å². The van der Waals surface area contributed by atoms with Crippen molar-refractivity contribution in [1.29, 1.82) is 0 Å². The molecule has 138 valence electrons. The Hall–Kier alpha value is -2.06. The molecule has 2 aromatic rings. The van der Waals surface area contributed by atoms with Crippen LogP contribution in [0.15, 0.2) is 51.8 Å². The molecule has 6 nitrogen and oxygen atoms in total. The van der Waals surface area contributed by atoms with E-state index in [1.165, 1.54) is 16.4 Å². The summed E-state index contributed by atoms with van der Waals surface area (Å²) in [7, 11) is -3.70. The molecule has 1 aliphatic heterocycles. The van der Waals surface area contributed by atoms with Gasteiger partial charge in [0.05, 0.1) is 17.2 Å². The Kier molecular flexibility index (Phi) is 5.24. The zero-order valence-electron chi connectivity index (χ0n) is 14.4. The number of carbonyl (C=O) groups excluding carboxylic acids is 1. The molecular formula is C18H19BrN2O4S. The van der Waals surface area contributed by atoms with Crippen molar-refractivity contribution in [1.82, 2.24) is 0 Å². The van der Waals surface area contributed by atoms with Crippen molar-refractivity contribution < 1.29 is 17.9 Å². The second-order valence-electron chi connectivity index (χ2n) is 6.00. The number of hydrogen-bond donors (Lipinski definition) is 1. The van der Waals surface area contributed by atoms with Gasteiger partial charge in [0, 0.05) is 16.2 Å².